The first kappa shape index (κ1) is 11.6. The van der Waals surface area contributed by atoms with Crippen LogP contribution in [-0.2, 0) is 4.74 Å². The Labute approximate surface area is 115 Å². The summed E-state index contributed by atoms with van der Waals surface area (Å²) in [5.74, 6) is 1.44. The highest BCUT2D eigenvalue weighted by Gasteiger charge is 2.21. The molecule has 1 N–H and O–H groups in total. The maximum Gasteiger partial charge on any atom is 0.270 e. The van der Waals surface area contributed by atoms with Gasteiger partial charge >= 0.3 is 0 Å². The summed E-state index contributed by atoms with van der Waals surface area (Å²) in [6.07, 6.45) is 0. The molecule has 1 fully saturated rings. The predicted octanol–water partition coefficient (Wildman–Crippen LogP) is 1.37. The third kappa shape index (κ3) is 1.80. The number of aromatic amines is 1. The smallest absolute Gasteiger partial charge is 0.270 e. The highest BCUT2D eigenvalue weighted by atomic mass is 16.7. The molecule has 0 spiro atoms. The molecule has 104 valence electrons. The van der Waals surface area contributed by atoms with Gasteiger partial charge in [0.15, 0.2) is 11.5 Å². The van der Waals surface area contributed by atoms with Crippen LogP contribution in [-0.4, -0.2) is 48.9 Å². The van der Waals surface area contributed by atoms with Gasteiger partial charge in [0.25, 0.3) is 5.91 Å². The van der Waals surface area contributed by atoms with Gasteiger partial charge in [-0.2, -0.15) is 0 Å². The summed E-state index contributed by atoms with van der Waals surface area (Å²) in [6, 6.07) is 5.62. The van der Waals surface area contributed by atoms with Crippen molar-refractivity contribution in [1.29, 1.82) is 0 Å². The van der Waals surface area contributed by atoms with E-state index in [1.807, 2.05) is 18.2 Å². The Morgan fingerprint density at radius 2 is 1.85 bits per heavy atom. The fourth-order valence-corrected chi connectivity index (χ4v) is 2.57. The van der Waals surface area contributed by atoms with E-state index in [1.165, 1.54) is 0 Å². The van der Waals surface area contributed by atoms with Crippen LogP contribution >= 0.6 is 0 Å². The summed E-state index contributed by atoms with van der Waals surface area (Å²) >= 11 is 0. The third-order valence-corrected chi connectivity index (χ3v) is 3.64. The molecule has 3 heterocycles. The van der Waals surface area contributed by atoms with Gasteiger partial charge in [0, 0.05) is 30.1 Å². The van der Waals surface area contributed by atoms with Gasteiger partial charge < -0.3 is 24.1 Å². The average molecular weight is 274 g/mol. The van der Waals surface area contributed by atoms with Gasteiger partial charge in [0.1, 0.15) is 5.69 Å². The lowest BCUT2D eigenvalue weighted by atomic mass is 10.2. The minimum atomic E-state index is 0.00601. The van der Waals surface area contributed by atoms with Gasteiger partial charge in [0.05, 0.1) is 13.2 Å². The normalized spacial score (nSPS) is 17.7. The molecule has 6 nitrogen and oxygen atoms in total. The molecule has 0 bridgehead atoms. The molecule has 0 aliphatic carbocycles. The second-order valence-corrected chi connectivity index (χ2v) is 4.88. The van der Waals surface area contributed by atoms with Crippen LogP contribution in [0.4, 0.5) is 0 Å². The first-order valence-electron chi connectivity index (χ1n) is 6.61. The monoisotopic (exact) mass is 274 g/mol. The summed E-state index contributed by atoms with van der Waals surface area (Å²) in [6.45, 7) is 2.72. The number of amides is 1. The van der Waals surface area contributed by atoms with Gasteiger partial charge in [-0.3, -0.25) is 4.79 Å². The van der Waals surface area contributed by atoms with Crippen molar-refractivity contribution in [1.82, 2.24) is 9.88 Å². The number of hydrogen-bond donors (Lipinski definition) is 1. The first-order valence-corrected chi connectivity index (χ1v) is 6.61. The second kappa shape index (κ2) is 4.42. The maximum atomic E-state index is 12.4. The molecule has 4 rings (SSSR count). The van der Waals surface area contributed by atoms with Gasteiger partial charge in [0.2, 0.25) is 6.79 Å². The number of benzene rings is 1. The van der Waals surface area contributed by atoms with Gasteiger partial charge in [-0.25, -0.2) is 0 Å². The zero-order chi connectivity index (χ0) is 13.5. The molecule has 0 atom stereocenters. The standard InChI is InChI=1S/C14H14N2O4/c17-14(16-1-3-18-4-2-16)11-5-9-6-12-13(20-8-19-12)7-10(9)15-11/h5-7,15H,1-4,8H2. The van der Waals surface area contributed by atoms with Crippen LogP contribution in [0, 0.1) is 0 Å². The number of hydrogen-bond acceptors (Lipinski definition) is 4. The number of aromatic nitrogens is 1. The Kier molecular flexibility index (Phi) is 2.56. The molecule has 0 radical (unpaired) electrons. The maximum absolute atomic E-state index is 12.4. The van der Waals surface area contributed by atoms with Crippen LogP contribution in [0.1, 0.15) is 10.5 Å². The van der Waals surface area contributed by atoms with E-state index in [2.05, 4.69) is 4.98 Å². The van der Waals surface area contributed by atoms with Crippen LogP contribution < -0.4 is 9.47 Å². The molecule has 0 unspecified atom stereocenters. The SMILES string of the molecule is O=C(c1cc2cc3c(cc2[nH]1)OCO3)N1CCOCC1. The fourth-order valence-electron chi connectivity index (χ4n) is 2.57. The summed E-state index contributed by atoms with van der Waals surface area (Å²) in [5.41, 5.74) is 1.47. The van der Waals surface area contributed by atoms with Crippen LogP contribution in [0.2, 0.25) is 0 Å². The highest BCUT2D eigenvalue weighted by Crippen LogP contribution is 2.36. The van der Waals surface area contributed by atoms with Crippen LogP contribution in [0.25, 0.3) is 10.9 Å². The minimum Gasteiger partial charge on any atom is -0.454 e. The summed E-state index contributed by atoms with van der Waals surface area (Å²) in [7, 11) is 0. The zero-order valence-corrected chi connectivity index (χ0v) is 10.8. The number of ether oxygens (including phenoxy) is 3. The van der Waals surface area contributed by atoms with Crippen molar-refractivity contribution in [3.63, 3.8) is 0 Å². The van der Waals surface area contributed by atoms with Crippen LogP contribution in [0.5, 0.6) is 11.5 Å². The fraction of sp³-hybridized carbons (Fsp3) is 0.357. The Hall–Kier alpha value is -2.21. The van der Waals surface area contributed by atoms with E-state index < -0.39 is 0 Å². The van der Waals surface area contributed by atoms with E-state index in [9.17, 15) is 4.79 Å². The number of carbonyl (C=O) groups is 1. The number of rotatable bonds is 1. The number of H-pyrrole nitrogens is 1. The largest absolute Gasteiger partial charge is 0.454 e. The molecule has 2 aliphatic heterocycles. The molecule has 2 aromatic rings. The summed E-state index contributed by atoms with van der Waals surface area (Å²) in [4.78, 5) is 17.4. The summed E-state index contributed by atoms with van der Waals surface area (Å²) in [5, 5.41) is 0.950. The molecular formula is C14H14N2O4. The third-order valence-electron chi connectivity index (χ3n) is 3.64. The zero-order valence-electron chi connectivity index (χ0n) is 10.8. The van der Waals surface area contributed by atoms with E-state index >= 15 is 0 Å². The lowest BCUT2D eigenvalue weighted by Crippen LogP contribution is -2.40. The lowest BCUT2D eigenvalue weighted by molar-refractivity contribution is 0.0299. The molecule has 1 amide bonds. The van der Waals surface area contributed by atoms with E-state index in [-0.39, 0.29) is 12.7 Å². The van der Waals surface area contributed by atoms with Crippen molar-refractivity contribution >= 4 is 16.8 Å². The predicted molar refractivity (Wildman–Crippen MR) is 71.1 cm³/mol. The first-order chi connectivity index (χ1) is 9.81. The van der Waals surface area contributed by atoms with Crippen molar-refractivity contribution in [2.75, 3.05) is 33.1 Å². The van der Waals surface area contributed by atoms with Crippen molar-refractivity contribution in [3.8, 4) is 11.5 Å². The molecule has 6 heteroatoms. The molecule has 1 aromatic carbocycles. The Balaban J connectivity index is 1.68. The minimum absolute atomic E-state index is 0.00601. The molecular weight excluding hydrogens is 260 g/mol. The highest BCUT2D eigenvalue weighted by molar-refractivity contribution is 5.98. The number of fused-ring (bicyclic) bond motifs is 2. The molecule has 20 heavy (non-hydrogen) atoms. The summed E-state index contributed by atoms with van der Waals surface area (Å²) < 4.78 is 15.9. The van der Waals surface area contributed by atoms with Crippen molar-refractivity contribution in [2.45, 2.75) is 0 Å². The number of morpholine rings is 1. The van der Waals surface area contributed by atoms with Gasteiger partial charge in [-0.15, -0.1) is 0 Å². The second-order valence-electron chi connectivity index (χ2n) is 4.88. The van der Waals surface area contributed by atoms with Crippen LogP contribution in [0.15, 0.2) is 18.2 Å². The number of nitrogens with one attached hydrogen (secondary N) is 1. The van der Waals surface area contributed by atoms with E-state index in [0.29, 0.717) is 37.7 Å². The van der Waals surface area contributed by atoms with E-state index in [4.69, 9.17) is 14.2 Å². The van der Waals surface area contributed by atoms with Crippen molar-refractivity contribution < 1.29 is 19.0 Å². The Morgan fingerprint density at radius 3 is 2.65 bits per heavy atom. The Morgan fingerprint density at radius 1 is 1.10 bits per heavy atom. The van der Waals surface area contributed by atoms with E-state index in [1.54, 1.807) is 4.90 Å². The quantitative estimate of drug-likeness (QED) is 0.853. The lowest BCUT2D eigenvalue weighted by Gasteiger charge is -2.26. The molecule has 2 aliphatic rings. The topological polar surface area (TPSA) is 63.8 Å². The molecule has 1 saturated heterocycles. The van der Waals surface area contributed by atoms with Crippen LogP contribution in [0.3, 0.4) is 0 Å². The Bertz CT molecular complexity index is 632. The number of carbonyl (C=O) groups excluding carboxylic acids is 1. The van der Waals surface area contributed by atoms with Crippen molar-refractivity contribution in [2.24, 2.45) is 0 Å². The molecule has 0 saturated carbocycles. The van der Waals surface area contributed by atoms with Crippen molar-refractivity contribution in [3.05, 3.63) is 23.9 Å². The molecule has 1 aromatic heterocycles. The average Bonchev–Trinajstić information content (AvgIpc) is 3.10. The van der Waals surface area contributed by atoms with Gasteiger partial charge in [-0.05, 0) is 12.1 Å². The van der Waals surface area contributed by atoms with Gasteiger partial charge in [-0.1, -0.05) is 0 Å². The number of nitrogens with zero attached hydrogens (tertiary/aromatic N) is 1. The van der Waals surface area contributed by atoms with E-state index in [0.717, 1.165) is 16.7 Å².